The Labute approximate surface area is 216 Å². The first kappa shape index (κ1) is 24.5. The number of fused-ring (bicyclic) bond motifs is 1. The van der Waals surface area contributed by atoms with Crippen molar-refractivity contribution in [1.82, 2.24) is 19.4 Å². The van der Waals surface area contributed by atoms with Crippen molar-refractivity contribution in [3.05, 3.63) is 89.7 Å². The lowest BCUT2D eigenvalue weighted by Crippen LogP contribution is -2.48. The van der Waals surface area contributed by atoms with Crippen molar-refractivity contribution in [2.45, 2.75) is 13.5 Å². The number of carbonyl (C=O) groups excluding carboxylic acids is 2. The van der Waals surface area contributed by atoms with Crippen LogP contribution in [-0.4, -0.2) is 64.0 Å². The summed E-state index contributed by atoms with van der Waals surface area (Å²) < 4.78 is 7.69. The van der Waals surface area contributed by atoms with Gasteiger partial charge >= 0.3 is 0 Å². The van der Waals surface area contributed by atoms with Gasteiger partial charge in [0.05, 0.1) is 17.6 Å². The van der Waals surface area contributed by atoms with Crippen molar-refractivity contribution in [2.24, 2.45) is 7.05 Å². The maximum atomic E-state index is 12.7. The molecule has 1 aromatic heterocycles. The van der Waals surface area contributed by atoms with Gasteiger partial charge in [-0.05, 0) is 55.0 Å². The summed E-state index contributed by atoms with van der Waals surface area (Å²) in [5.74, 6) is 1.48. The fraction of sp³-hybridized carbons (Fsp3) is 0.276. The van der Waals surface area contributed by atoms with Crippen LogP contribution in [0.25, 0.3) is 11.0 Å². The molecule has 2 amide bonds. The van der Waals surface area contributed by atoms with E-state index in [0.717, 1.165) is 41.1 Å². The van der Waals surface area contributed by atoms with Gasteiger partial charge in [0.25, 0.3) is 11.8 Å². The summed E-state index contributed by atoms with van der Waals surface area (Å²) in [5.41, 5.74) is 4.32. The Morgan fingerprint density at radius 3 is 2.49 bits per heavy atom. The first-order valence-electron chi connectivity index (χ1n) is 12.5. The first-order chi connectivity index (χ1) is 18.0. The van der Waals surface area contributed by atoms with Crippen LogP contribution in [0.2, 0.25) is 0 Å². The van der Waals surface area contributed by atoms with Gasteiger partial charge < -0.3 is 19.5 Å². The number of ether oxygens (including phenoxy) is 1. The molecule has 0 unspecified atom stereocenters. The Bertz CT molecular complexity index is 1410. The number of amides is 2. The van der Waals surface area contributed by atoms with Gasteiger partial charge in [0.2, 0.25) is 0 Å². The van der Waals surface area contributed by atoms with E-state index in [4.69, 9.17) is 9.72 Å². The molecule has 1 saturated heterocycles. The minimum absolute atomic E-state index is 0.0618. The minimum Gasteiger partial charge on any atom is -0.484 e. The summed E-state index contributed by atoms with van der Waals surface area (Å²) in [4.78, 5) is 34.2. The summed E-state index contributed by atoms with van der Waals surface area (Å²) in [7, 11) is 2.01. The van der Waals surface area contributed by atoms with Gasteiger partial charge in [-0.2, -0.15) is 0 Å². The molecule has 2 heterocycles. The van der Waals surface area contributed by atoms with Gasteiger partial charge in [0, 0.05) is 44.5 Å². The van der Waals surface area contributed by atoms with E-state index in [1.807, 2.05) is 91.7 Å². The van der Waals surface area contributed by atoms with E-state index in [1.165, 1.54) is 0 Å². The number of imidazole rings is 1. The second-order valence-corrected chi connectivity index (χ2v) is 9.38. The number of nitrogens with one attached hydrogen (secondary N) is 1. The highest BCUT2D eigenvalue weighted by Gasteiger charge is 2.23. The van der Waals surface area contributed by atoms with Gasteiger partial charge in [-0.15, -0.1) is 0 Å². The Balaban J connectivity index is 1.17. The van der Waals surface area contributed by atoms with Gasteiger partial charge in [-0.1, -0.05) is 30.3 Å². The zero-order valence-electron chi connectivity index (χ0n) is 21.2. The van der Waals surface area contributed by atoms with Crippen LogP contribution < -0.4 is 10.1 Å². The molecule has 37 heavy (non-hydrogen) atoms. The molecule has 8 heteroatoms. The minimum atomic E-state index is -0.222. The van der Waals surface area contributed by atoms with Gasteiger partial charge in [-0.25, -0.2) is 4.98 Å². The maximum Gasteiger partial charge on any atom is 0.262 e. The standard InChI is InChI=1S/C29H31N5O3/c1-21-7-6-10-24(17-21)37-20-28(35)30-23-11-12-26-25(18-23)31-27(32(26)2)19-33-13-15-34(16-14-33)29(36)22-8-4-3-5-9-22/h3-12,17-18H,13-16,19-20H2,1-2H3,(H,30,35). The molecule has 0 atom stereocenters. The lowest BCUT2D eigenvalue weighted by molar-refractivity contribution is -0.118. The number of aryl methyl sites for hydroxylation is 2. The molecular weight excluding hydrogens is 466 g/mol. The Morgan fingerprint density at radius 2 is 1.73 bits per heavy atom. The van der Waals surface area contributed by atoms with E-state index < -0.39 is 0 Å². The van der Waals surface area contributed by atoms with E-state index >= 15 is 0 Å². The van der Waals surface area contributed by atoms with Crippen molar-refractivity contribution in [1.29, 1.82) is 0 Å². The molecule has 0 spiro atoms. The molecular formula is C29H31N5O3. The number of nitrogens with zero attached hydrogens (tertiary/aromatic N) is 4. The highest BCUT2D eigenvalue weighted by molar-refractivity contribution is 5.94. The maximum absolute atomic E-state index is 12.7. The molecule has 4 aromatic rings. The third-order valence-electron chi connectivity index (χ3n) is 6.66. The van der Waals surface area contributed by atoms with Gasteiger partial charge in [0.15, 0.2) is 6.61 Å². The SMILES string of the molecule is Cc1cccc(OCC(=O)Nc2ccc3c(c2)nc(CN2CCN(C(=O)c4ccccc4)CC2)n3C)c1. The van der Waals surface area contributed by atoms with Crippen LogP contribution in [-0.2, 0) is 18.4 Å². The molecule has 8 nitrogen and oxygen atoms in total. The normalized spacial score (nSPS) is 14.1. The Kier molecular flexibility index (Phi) is 7.18. The number of rotatable bonds is 7. The predicted octanol–water partition coefficient (Wildman–Crippen LogP) is 3.86. The van der Waals surface area contributed by atoms with Crippen LogP contribution in [0.4, 0.5) is 5.69 Å². The molecule has 0 saturated carbocycles. The molecule has 1 aliphatic heterocycles. The average Bonchev–Trinajstić information content (AvgIpc) is 3.22. The summed E-state index contributed by atoms with van der Waals surface area (Å²) in [6.07, 6.45) is 0. The number of carbonyl (C=O) groups is 2. The van der Waals surface area contributed by atoms with E-state index in [-0.39, 0.29) is 18.4 Å². The second-order valence-electron chi connectivity index (χ2n) is 9.38. The molecule has 3 aromatic carbocycles. The quantitative estimate of drug-likeness (QED) is 0.420. The number of hydrogen-bond donors (Lipinski definition) is 1. The molecule has 0 radical (unpaired) electrons. The van der Waals surface area contributed by atoms with Crippen molar-refractivity contribution in [3.8, 4) is 5.75 Å². The number of hydrogen-bond acceptors (Lipinski definition) is 5. The molecule has 0 aliphatic carbocycles. The molecule has 1 fully saturated rings. The first-order valence-corrected chi connectivity index (χ1v) is 12.5. The molecule has 5 rings (SSSR count). The van der Waals surface area contributed by atoms with Crippen LogP contribution in [0.15, 0.2) is 72.8 Å². The summed E-state index contributed by atoms with van der Waals surface area (Å²) in [6.45, 7) is 5.60. The fourth-order valence-corrected chi connectivity index (χ4v) is 4.59. The van der Waals surface area contributed by atoms with Crippen molar-refractivity contribution < 1.29 is 14.3 Å². The van der Waals surface area contributed by atoms with Gasteiger partial charge in [-0.3, -0.25) is 14.5 Å². The van der Waals surface area contributed by atoms with Crippen LogP contribution in [0.3, 0.4) is 0 Å². The van der Waals surface area contributed by atoms with Crippen LogP contribution in [0.1, 0.15) is 21.7 Å². The Hall–Kier alpha value is -4.17. The predicted molar refractivity (Wildman–Crippen MR) is 144 cm³/mol. The zero-order valence-corrected chi connectivity index (χ0v) is 21.2. The molecule has 1 aliphatic rings. The lowest BCUT2D eigenvalue weighted by Gasteiger charge is -2.34. The molecule has 190 valence electrons. The average molecular weight is 498 g/mol. The molecule has 1 N–H and O–H groups in total. The second kappa shape index (κ2) is 10.8. The number of aromatic nitrogens is 2. The highest BCUT2D eigenvalue weighted by Crippen LogP contribution is 2.21. The third-order valence-corrected chi connectivity index (χ3v) is 6.66. The lowest BCUT2D eigenvalue weighted by atomic mass is 10.2. The summed E-state index contributed by atoms with van der Waals surface area (Å²) >= 11 is 0. The summed E-state index contributed by atoms with van der Waals surface area (Å²) in [6, 6.07) is 22.8. The van der Waals surface area contributed by atoms with E-state index in [9.17, 15) is 9.59 Å². The van der Waals surface area contributed by atoms with Crippen LogP contribution in [0, 0.1) is 6.92 Å². The van der Waals surface area contributed by atoms with E-state index in [1.54, 1.807) is 0 Å². The van der Waals surface area contributed by atoms with Crippen LogP contribution >= 0.6 is 0 Å². The fourth-order valence-electron chi connectivity index (χ4n) is 4.59. The highest BCUT2D eigenvalue weighted by atomic mass is 16.5. The number of anilines is 1. The van der Waals surface area contributed by atoms with E-state index in [0.29, 0.717) is 31.1 Å². The van der Waals surface area contributed by atoms with Crippen LogP contribution in [0.5, 0.6) is 5.75 Å². The smallest absolute Gasteiger partial charge is 0.262 e. The van der Waals surface area contributed by atoms with Crippen molar-refractivity contribution in [3.63, 3.8) is 0 Å². The topological polar surface area (TPSA) is 79.7 Å². The largest absolute Gasteiger partial charge is 0.484 e. The Morgan fingerprint density at radius 1 is 0.946 bits per heavy atom. The zero-order chi connectivity index (χ0) is 25.8. The van der Waals surface area contributed by atoms with Crippen molar-refractivity contribution >= 4 is 28.5 Å². The monoisotopic (exact) mass is 497 g/mol. The van der Waals surface area contributed by atoms with Crippen molar-refractivity contribution in [2.75, 3.05) is 38.1 Å². The number of piperazine rings is 1. The van der Waals surface area contributed by atoms with E-state index in [2.05, 4.69) is 14.8 Å². The number of benzene rings is 3. The van der Waals surface area contributed by atoms with Gasteiger partial charge in [0.1, 0.15) is 11.6 Å². The third kappa shape index (κ3) is 5.81. The summed E-state index contributed by atoms with van der Waals surface area (Å²) in [5, 5.41) is 2.90. The molecule has 0 bridgehead atoms.